The maximum absolute atomic E-state index is 13.7. The zero-order valence-corrected chi connectivity index (χ0v) is 11.6. The minimum Gasteiger partial charge on any atom is -0.478 e. The molecule has 0 atom stereocenters. The summed E-state index contributed by atoms with van der Waals surface area (Å²) in [7, 11) is 0. The third-order valence-corrected chi connectivity index (χ3v) is 3.89. The highest BCUT2D eigenvalue weighted by Crippen LogP contribution is 2.23. The monoisotopic (exact) mass is 295 g/mol. The van der Waals surface area contributed by atoms with Gasteiger partial charge in [0.2, 0.25) is 0 Å². The van der Waals surface area contributed by atoms with Crippen molar-refractivity contribution in [2.24, 2.45) is 0 Å². The molecule has 20 heavy (non-hydrogen) atoms. The molecule has 106 valence electrons. The number of halogens is 1. The van der Waals surface area contributed by atoms with Gasteiger partial charge in [-0.3, -0.25) is 0 Å². The summed E-state index contributed by atoms with van der Waals surface area (Å²) < 4.78 is 13.7. The van der Waals surface area contributed by atoms with Crippen molar-refractivity contribution in [1.29, 1.82) is 0 Å². The molecule has 0 bridgehead atoms. The van der Waals surface area contributed by atoms with E-state index in [1.165, 1.54) is 17.4 Å². The first-order chi connectivity index (χ1) is 9.51. The molecule has 2 aromatic rings. The molecule has 0 saturated carbocycles. The first-order valence-electron chi connectivity index (χ1n) is 6.01. The molecule has 0 aliphatic heterocycles. The quantitative estimate of drug-likeness (QED) is 0.738. The van der Waals surface area contributed by atoms with Crippen molar-refractivity contribution < 1.29 is 14.3 Å². The average molecular weight is 295 g/mol. The fourth-order valence-corrected chi connectivity index (χ4v) is 2.48. The second-order valence-electron chi connectivity index (χ2n) is 4.15. The van der Waals surface area contributed by atoms with Crippen molar-refractivity contribution >= 4 is 28.7 Å². The molecule has 4 N–H and O–H groups in total. The number of anilines is 2. The number of carboxylic acids is 1. The third kappa shape index (κ3) is 3.05. The fourth-order valence-electron chi connectivity index (χ4n) is 1.67. The molecule has 0 saturated heterocycles. The van der Waals surface area contributed by atoms with Gasteiger partial charge in [0.15, 0.2) is 0 Å². The molecule has 7 heteroatoms. The van der Waals surface area contributed by atoms with Gasteiger partial charge in [-0.25, -0.2) is 14.2 Å². The molecule has 1 heterocycles. The van der Waals surface area contributed by atoms with Crippen LogP contribution in [0.4, 0.5) is 15.8 Å². The van der Waals surface area contributed by atoms with E-state index >= 15 is 0 Å². The normalized spacial score (nSPS) is 10.5. The molecule has 2 rings (SSSR count). The van der Waals surface area contributed by atoms with Gasteiger partial charge in [0, 0.05) is 16.8 Å². The lowest BCUT2D eigenvalue weighted by Gasteiger charge is -2.09. The van der Waals surface area contributed by atoms with E-state index in [0.717, 1.165) is 22.4 Å². The number of carbonyl (C=O) groups is 1. The number of aromatic nitrogens is 1. The number of rotatable bonds is 5. The Morgan fingerprint density at radius 3 is 2.90 bits per heavy atom. The van der Waals surface area contributed by atoms with E-state index in [0.29, 0.717) is 6.54 Å². The zero-order valence-electron chi connectivity index (χ0n) is 10.8. The second-order valence-corrected chi connectivity index (χ2v) is 5.35. The number of hydrogen-bond donors (Lipinski definition) is 3. The minimum atomic E-state index is -1.19. The zero-order chi connectivity index (χ0) is 14.7. The largest absolute Gasteiger partial charge is 0.478 e. The average Bonchev–Trinajstić information content (AvgIpc) is 2.85. The maximum Gasteiger partial charge on any atom is 0.337 e. The van der Waals surface area contributed by atoms with E-state index in [1.54, 1.807) is 6.20 Å². The number of nitrogen functional groups attached to an aromatic ring is 1. The van der Waals surface area contributed by atoms with Crippen molar-refractivity contribution in [1.82, 2.24) is 4.98 Å². The minimum absolute atomic E-state index is 0.0944. The van der Waals surface area contributed by atoms with Crippen molar-refractivity contribution in [3.63, 3.8) is 0 Å². The van der Waals surface area contributed by atoms with Gasteiger partial charge in [0.1, 0.15) is 10.8 Å². The van der Waals surface area contributed by atoms with Crippen LogP contribution in [0.2, 0.25) is 0 Å². The summed E-state index contributed by atoms with van der Waals surface area (Å²) in [6.45, 7) is 2.37. The highest BCUT2D eigenvalue weighted by molar-refractivity contribution is 7.11. The Hall–Kier alpha value is -2.15. The van der Waals surface area contributed by atoms with E-state index < -0.39 is 11.8 Å². The number of hydrogen-bond acceptors (Lipinski definition) is 5. The van der Waals surface area contributed by atoms with Gasteiger partial charge in [-0.1, -0.05) is 6.92 Å². The lowest BCUT2D eigenvalue weighted by molar-refractivity contribution is 0.0698. The van der Waals surface area contributed by atoms with Crippen LogP contribution >= 0.6 is 11.3 Å². The first-order valence-corrected chi connectivity index (χ1v) is 6.82. The van der Waals surface area contributed by atoms with Crippen LogP contribution in [0.3, 0.4) is 0 Å². The summed E-state index contributed by atoms with van der Waals surface area (Å²) in [6.07, 6.45) is 2.68. The van der Waals surface area contributed by atoms with E-state index in [1.807, 2.05) is 6.92 Å². The Morgan fingerprint density at radius 2 is 2.30 bits per heavy atom. The Labute approximate surface area is 119 Å². The summed E-state index contributed by atoms with van der Waals surface area (Å²) in [5.41, 5.74) is 5.35. The molecular formula is C13H14FN3O2S. The lowest BCUT2D eigenvalue weighted by atomic mass is 10.1. The molecular weight excluding hydrogens is 281 g/mol. The van der Waals surface area contributed by atoms with Crippen LogP contribution in [-0.2, 0) is 13.0 Å². The van der Waals surface area contributed by atoms with Gasteiger partial charge in [-0.15, -0.1) is 11.3 Å². The highest BCUT2D eigenvalue weighted by atomic mass is 32.1. The van der Waals surface area contributed by atoms with Crippen molar-refractivity contribution in [3.8, 4) is 0 Å². The predicted octanol–water partition coefficient (Wildman–Crippen LogP) is 2.74. The SMILES string of the molecule is CCc1cnc(CNc2cc(C(=O)O)c(N)cc2F)s1. The van der Waals surface area contributed by atoms with Gasteiger partial charge in [-0.2, -0.15) is 0 Å². The number of carboxylic acid groups (broad SMARTS) is 1. The van der Waals surface area contributed by atoms with Crippen molar-refractivity contribution in [2.45, 2.75) is 19.9 Å². The van der Waals surface area contributed by atoms with Gasteiger partial charge in [0.25, 0.3) is 0 Å². The maximum atomic E-state index is 13.7. The van der Waals surface area contributed by atoms with Gasteiger partial charge >= 0.3 is 5.97 Å². The van der Waals surface area contributed by atoms with Crippen LogP contribution in [0.25, 0.3) is 0 Å². The van der Waals surface area contributed by atoms with Gasteiger partial charge in [0.05, 0.1) is 17.8 Å². The van der Waals surface area contributed by atoms with Crippen LogP contribution in [0, 0.1) is 5.82 Å². The fraction of sp³-hybridized carbons (Fsp3) is 0.231. The van der Waals surface area contributed by atoms with Crippen molar-refractivity contribution in [3.05, 3.63) is 39.6 Å². The third-order valence-electron chi connectivity index (χ3n) is 2.75. The molecule has 0 radical (unpaired) electrons. The lowest BCUT2D eigenvalue weighted by Crippen LogP contribution is -2.07. The van der Waals surface area contributed by atoms with E-state index in [4.69, 9.17) is 10.8 Å². The summed E-state index contributed by atoms with van der Waals surface area (Å²) in [4.78, 5) is 16.3. The van der Waals surface area contributed by atoms with E-state index in [-0.39, 0.29) is 16.9 Å². The summed E-state index contributed by atoms with van der Waals surface area (Å²) in [6, 6.07) is 2.20. The highest BCUT2D eigenvalue weighted by Gasteiger charge is 2.13. The molecule has 0 aliphatic carbocycles. The van der Waals surface area contributed by atoms with Crippen LogP contribution in [0.15, 0.2) is 18.3 Å². The Balaban J connectivity index is 2.16. The number of nitrogens with two attached hydrogens (primary N) is 1. The van der Waals surface area contributed by atoms with Gasteiger partial charge in [-0.05, 0) is 18.6 Å². The Kier molecular flexibility index (Phi) is 4.19. The first kappa shape index (κ1) is 14.3. The molecule has 1 aromatic carbocycles. The van der Waals surface area contributed by atoms with Crippen LogP contribution in [-0.4, -0.2) is 16.1 Å². The number of aryl methyl sites for hydroxylation is 1. The molecule has 0 aliphatic rings. The smallest absolute Gasteiger partial charge is 0.337 e. The molecule has 0 spiro atoms. The topological polar surface area (TPSA) is 88.2 Å². The Morgan fingerprint density at radius 1 is 1.55 bits per heavy atom. The standard InChI is InChI=1S/C13H14FN3O2S/c1-2-7-5-17-12(20-7)6-16-11-3-8(13(18)19)10(15)4-9(11)14/h3-5,16H,2,6,15H2,1H3,(H,18,19). The Bertz CT molecular complexity index is 643. The van der Waals surface area contributed by atoms with Crippen molar-refractivity contribution in [2.75, 3.05) is 11.1 Å². The number of nitrogens with one attached hydrogen (secondary N) is 1. The van der Waals surface area contributed by atoms with E-state index in [2.05, 4.69) is 10.3 Å². The second kappa shape index (κ2) is 5.87. The van der Waals surface area contributed by atoms with Gasteiger partial charge < -0.3 is 16.2 Å². The number of benzene rings is 1. The predicted molar refractivity (Wildman–Crippen MR) is 76.6 cm³/mol. The molecule has 5 nitrogen and oxygen atoms in total. The molecule has 0 unspecified atom stereocenters. The summed E-state index contributed by atoms with van der Waals surface area (Å²) in [5, 5.41) is 12.6. The van der Waals surface area contributed by atoms with Crippen LogP contribution < -0.4 is 11.1 Å². The molecule has 0 fully saturated rings. The number of nitrogens with zero attached hydrogens (tertiary/aromatic N) is 1. The number of aromatic carboxylic acids is 1. The van der Waals surface area contributed by atoms with E-state index in [9.17, 15) is 9.18 Å². The molecule has 1 aromatic heterocycles. The number of thiazole rings is 1. The summed E-state index contributed by atoms with van der Waals surface area (Å²) in [5.74, 6) is -1.77. The van der Waals surface area contributed by atoms with Crippen LogP contribution in [0.1, 0.15) is 27.2 Å². The summed E-state index contributed by atoms with van der Waals surface area (Å²) >= 11 is 1.53. The van der Waals surface area contributed by atoms with Crippen LogP contribution in [0.5, 0.6) is 0 Å². The molecule has 0 amide bonds.